The molecule has 0 fully saturated rings. The van der Waals surface area contributed by atoms with Crippen molar-refractivity contribution >= 4 is 11.0 Å². The molecule has 20 heavy (non-hydrogen) atoms. The summed E-state index contributed by atoms with van der Waals surface area (Å²) >= 11 is 0. The van der Waals surface area contributed by atoms with Crippen LogP contribution in [0.1, 0.15) is 12.0 Å². The van der Waals surface area contributed by atoms with Gasteiger partial charge in [-0.25, -0.2) is 0 Å². The molecule has 1 aromatic carbocycles. The summed E-state index contributed by atoms with van der Waals surface area (Å²) in [6, 6.07) is 8.98. The molecule has 104 valence electrons. The average Bonchev–Trinajstić information content (AvgIpc) is 3.11. The largest absolute Gasteiger partial charge is 0.472 e. The molecule has 2 aromatic heterocycles. The number of furan rings is 2. The fourth-order valence-corrected chi connectivity index (χ4v) is 2.16. The van der Waals surface area contributed by atoms with Gasteiger partial charge in [0, 0.05) is 11.8 Å². The molecule has 0 radical (unpaired) electrons. The third kappa shape index (κ3) is 2.17. The number of para-hydroxylation sites is 1. The molecule has 0 bridgehead atoms. The summed E-state index contributed by atoms with van der Waals surface area (Å²) in [5.74, 6) is -1.08. The number of ether oxygens (including phenoxy) is 1. The van der Waals surface area contributed by atoms with Gasteiger partial charge in [-0.3, -0.25) is 0 Å². The van der Waals surface area contributed by atoms with Gasteiger partial charge >= 0.3 is 0 Å². The van der Waals surface area contributed by atoms with E-state index in [9.17, 15) is 5.11 Å². The monoisotopic (exact) mass is 273 g/mol. The molecule has 0 saturated heterocycles. The molecule has 0 aliphatic carbocycles. The van der Waals surface area contributed by atoms with Crippen molar-refractivity contribution in [2.45, 2.75) is 12.2 Å². The summed E-state index contributed by atoms with van der Waals surface area (Å²) < 4.78 is 16.2. The zero-order valence-electron chi connectivity index (χ0n) is 10.8. The third-order valence-electron chi connectivity index (χ3n) is 3.18. The smallest absolute Gasteiger partial charge is 0.239 e. The fourth-order valence-electron chi connectivity index (χ4n) is 2.16. The lowest BCUT2D eigenvalue weighted by Gasteiger charge is -2.27. The zero-order chi connectivity index (χ0) is 14.0. The van der Waals surface area contributed by atoms with Crippen molar-refractivity contribution in [3.05, 3.63) is 54.7 Å². The molecule has 3 rings (SSSR count). The van der Waals surface area contributed by atoms with Gasteiger partial charge in [0.05, 0.1) is 24.4 Å². The van der Waals surface area contributed by atoms with Gasteiger partial charge in [0.15, 0.2) is 11.3 Å². The summed E-state index contributed by atoms with van der Waals surface area (Å²) in [6.07, 6.45) is 4.74. The molecule has 1 atom stereocenters. The summed E-state index contributed by atoms with van der Waals surface area (Å²) in [5.41, 5.74) is 6.68. The van der Waals surface area contributed by atoms with Crippen LogP contribution >= 0.6 is 0 Å². The van der Waals surface area contributed by atoms with Crippen LogP contribution in [-0.2, 0) is 5.79 Å². The van der Waals surface area contributed by atoms with E-state index >= 15 is 0 Å². The first-order valence-corrected chi connectivity index (χ1v) is 6.33. The molecular formula is C15H15NO4. The standard InChI is InChI=1S/C15H15NO4/c16-7-6-15(17,12-5-8-18-10-12)20-13-3-1-2-11-4-9-19-14(11)13/h1-5,8-10,17H,6-7,16H2. The Morgan fingerprint density at radius 3 is 2.85 bits per heavy atom. The van der Waals surface area contributed by atoms with Crippen LogP contribution in [-0.4, -0.2) is 11.7 Å². The number of hydrogen-bond acceptors (Lipinski definition) is 5. The Balaban J connectivity index is 2.00. The molecule has 0 spiro atoms. The van der Waals surface area contributed by atoms with E-state index in [1.165, 1.54) is 12.5 Å². The minimum atomic E-state index is -1.54. The lowest BCUT2D eigenvalue weighted by Crippen LogP contribution is -2.35. The van der Waals surface area contributed by atoms with Gasteiger partial charge in [0.25, 0.3) is 0 Å². The van der Waals surface area contributed by atoms with Crippen molar-refractivity contribution < 1.29 is 18.7 Å². The van der Waals surface area contributed by atoms with Crippen LogP contribution < -0.4 is 10.5 Å². The molecule has 0 aliphatic heterocycles. The number of benzene rings is 1. The second-order valence-electron chi connectivity index (χ2n) is 4.53. The second kappa shape index (κ2) is 5.03. The van der Waals surface area contributed by atoms with Crippen LogP contribution in [0.15, 0.2) is 58.0 Å². The molecule has 1 unspecified atom stereocenters. The normalized spacial score (nSPS) is 14.3. The summed E-state index contributed by atoms with van der Waals surface area (Å²) in [5, 5.41) is 11.6. The molecule has 3 N–H and O–H groups in total. The number of rotatable bonds is 5. The predicted octanol–water partition coefficient (Wildman–Crippen LogP) is 2.60. The predicted molar refractivity (Wildman–Crippen MR) is 73.1 cm³/mol. The number of hydrogen-bond donors (Lipinski definition) is 2. The Labute approximate surface area is 115 Å². The summed E-state index contributed by atoms with van der Waals surface area (Å²) in [4.78, 5) is 0. The van der Waals surface area contributed by atoms with Gasteiger partial charge in [-0.15, -0.1) is 0 Å². The number of nitrogens with two attached hydrogens (primary N) is 1. The maximum Gasteiger partial charge on any atom is 0.239 e. The van der Waals surface area contributed by atoms with E-state index in [4.69, 9.17) is 19.3 Å². The van der Waals surface area contributed by atoms with Crippen molar-refractivity contribution in [1.82, 2.24) is 0 Å². The summed E-state index contributed by atoms with van der Waals surface area (Å²) in [6.45, 7) is 0.274. The number of fused-ring (bicyclic) bond motifs is 1. The highest BCUT2D eigenvalue weighted by Crippen LogP contribution is 2.34. The van der Waals surface area contributed by atoms with Crippen molar-refractivity contribution in [2.75, 3.05) is 6.54 Å². The van der Waals surface area contributed by atoms with Gasteiger partial charge in [-0.05, 0) is 24.7 Å². The maximum atomic E-state index is 10.7. The van der Waals surface area contributed by atoms with Crippen LogP contribution in [0.2, 0.25) is 0 Å². The lowest BCUT2D eigenvalue weighted by molar-refractivity contribution is -0.149. The Hall–Kier alpha value is -2.24. The van der Waals surface area contributed by atoms with Crippen LogP contribution in [0, 0.1) is 0 Å². The van der Waals surface area contributed by atoms with E-state index in [1.807, 2.05) is 18.2 Å². The maximum absolute atomic E-state index is 10.7. The molecule has 5 heteroatoms. The first-order valence-electron chi connectivity index (χ1n) is 6.33. The van der Waals surface area contributed by atoms with E-state index in [0.717, 1.165) is 5.39 Å². The highest BCUT2D eigenvalue weighted by atomic mass is 16.6. The van der Waals surface area contributed by atoms with Crippen molar-refractivity contribution in [3.63, 3.8) is 0 Å². The molecular weight excluding hydrogens is 258 g/mol. The van der Waals surface area contributed by atoms with Crippen molar-refractivity contribution in [2.24, 2.45) is 5.73 Å². The molecule has 5 nitrogen and oxygen atoms in total. The topological polar surface area (TPSA) is 81.8 Å². The zero-order valence-corrected chi connectivity index (χ0v) is 10.8. The van der Waals surface area contributed by atoms with E-state index in [2.05, 4.69) is 0 Å². The number of aliphatic hydroxyl groups is 1. The van der Waals surface area contributed by atoms with Gasteiger partial charge in [-0.1, -0.05) is 12.1 Å². The SMILES string of the molecule is NCCC(O)(Oc1cccc2ccoc12)c1ccoc1. The minimum absolute atomic E-state index is 0.240. The molecule has 0 saturated carbocycles. The Bertz CT molecular complexity index is 689. The van der Waals surface area contributed by atoms with Crippen molar-refractivity contribution in [3.8, 4) is 5.75 Å². The molecule has 2 heterocycles. The molecule has 0 amide bonds. The van der Waals surface area contributed by atoms with Gasteiger partial charge in [-0.2, -0.15) is 0 Å². The van der Waals surface area contributed by atoms with E-state index in [0.29, 0.717) is 16.9 Å². The third-order valence-corrected chi connectivity index (χ3v) is 3.18. The minimum Gasteiger partial charge on any atom is -0.472 e. The lowest BCUT2D eigenvalue weighted by atomic mass is 10.1. The van der Waals surface area contributed by atoms with Crippen LogP contribution in [0.25, 0.3) is 11.0 Å². The summed E-state index contributed by atoms with van der Waals surface area (Å²) in [7, 11) is 0. The highest BCUT2D eigenvalue weighted by molar-refractivity contribution is 5.82. The Morgan fingerprint density at radius 1 is 1.20 bits per heavy atom. The van der Waals surface area contributed by atoms with E-state index in [1.54, 1.807) is 18.4 Å². The molecule has 0 aliphatic rings. The highest BCUT2D eigenvalue weighted by Gasteiger charge is 2.33. The van der Waals surface area contributed by atoms with E-state index < -0.39 is 5.79 Å². The second-order valence-corrected chi connectivity index (χ2v) is 4.53. The van der Waals surface area contributed by atoms with Crippen LogP contribution in [0.4, 0.5) is 0 Å². The van der Waals surface area contributed by atoms with E-state index in [-0.39, 0.29) is 13.0 Å². The first-order chi connectivity index (χ1) is 9.73. The Kier molecular flexibility index (Phi) is 3.22. The fraction of sp³-hybridized carbons (Fsp3) is 0.200. The Morgan fingerprint density at radius 2 is 2.10 bits per heavy atom. The average molecular weight is 273 g/mol. The van der Waals surface area contributed by atoms with Gasteiger partial charge in [0.2, 0.25) is 5.79 Å². The van der Waals surface area contributed by atoms with Gasteiger partial charge in [0.1, 0.15) is 0 Å². The first kappa shape index (κ1) is 12.8. The quantitative estimate of drug-likeness (QED) is 0.698. The van der Waals surface area contributed by atoms with Gasteiger partial charge < -0.3 is 24.4 Å². The van der Waals surface area contributed by atoms with Crippen molar-refractivity contribution in [1.29, 1.82) is 0 Å². The van der Waals surface area contributed by atoms with Crippen LogP contribution in [0.5, 0.6) is 5.75 Å². The molecule has 3 aromatic rings. The van der Waals surface area contributed by atoms with Crippen LogP contribution in [0.3, 0.4) is 0 Å².